The van der Waals surface area contributed by atoms with Gasteiger partial charge in [-0.1, -0.05) is 28.1 Å². The van der Waals surface area contributed by atoms with E-state index in [2.05, 4.69) is 33.2 Å². The first kappa shape index (κ1) is 29.9. The van der Waals surface area contributed by atoms with E-state index in [9.17, 15) is 18.8 Å². The molecule has 1 N–H and O–H groups in total. The molecule has 0 aliphatic heterocycles. The molecule has 1 aliphatic carbocycles. The number of ether oxygens (including phenoxy) is 1. The van der Waals surface area contributed by atoms with Gasteiger partial charge >= 0.3 is 5.69 Å². The van der Waals surface area contributed by atoms with Crippen molar-refractivity contribution in [2.24, 2.45) is 7.05 Å². The fraction of sp³-hybridized carbons (Fsp3) is 0.387. The van der Waals surface area contributed by atoms with Crippen molar-refractivity contribution in [3.8, 4) is 5.69 Å². The Labute approximate surface area is 251 Å². The summed E-state index contributed by atoms with van der Waals surface area (Å²) in [5.41, 5.74) is 0.563. The van der Waals surface area contributed by atoms with Gasteiger partial charge in [0.1, 0.15) is 16.9 Å². The highest BCUT2D eigenvalue weighted by molar-refractivity contribution is 9.10. The first-order valence-electron chi connectivity index (χ1n) is 14.2. The quantitative estimate of drug-likeness (QED) is 0.225. The highest BCUT2D eigenvalue weighted by Gasteiger charge is 2.31. The van der Waals surface area contributed by atoms with Crippen molar-refractivity contribution in [3.63, 3.8) is 0 Å². The van der Waals surface area contributed by atoms with Crippen molar-refractivity contribution >= 4 is 38.3 Å². The molecule has 0 unspecified atom stereocenters. The fourth-order valence-electron chi connectivity index (χ4n) is 5.17. The maximum absolute atomic E-state index is 14.8. The molecule has 0 amide bonds. The maximum Gasteiger partial charge on any atom is 0.337 e. The number of fused-ring (bicyclic) bond motifs is 1. The van der Waals surface area contributed by atoms with E-state index in [0.717, 1.165) is 31.5 Å². The maximum atomic E-state index is 14.8. The molecule has 5 rings (SSSR count). The van der Waals surface area contributed by atoms with Crippen molar-refractivity contribution < 1.29 is 9.13 Å². The molecule has 1 saturated carbocycles. The summed E-state index contributed by atoms with van der Waals surface area (Å²) < 4.78 is 24.8. The van der Waals surface area contributed by atoms with Crippen LogP contribution in [0.5, 0.6) is 0 Å². The molecule has 2 aromatic heterocycles. The molecule has 0 saturated heterocycles. The average Bonchev–Trinajstić information content (AvgIpc) is 3.78. The van der Waals surface area contributed by atoms with Gasteiger partial charge in [-0.05, 0) is 82.1 Å². The molecular weight excluding hydrogens is 605 g/mol. The Kier molecular flexibility index (Phi) is 9.10. The summed E-state index contributed by atoms with van der Waals surface area (Å²) in [6.07, 6.45) is 3.13. The number of nitrogens with zero attached hydrogens (tertiary/aromatic N) is 4. The van der Waals surface area contributed by atoms with E-state index in [-0.39, 0.29) is 28.5 Å². The monoisotopic (exact) mass is 639 g/mol. The first-order valence-corrected chi connectivity index (χ1v) is 15.0. The molecule has 0 bridgehead atoms. The minimum atomic E-state index is -0.551. The third-order valence-electron chi connectivity index (χ3n) is 7.56. The lowest BCUT2D eigenvalue weighted by atomic mass is 10.1. The number of nitrogens with one attached hydrogen (secondary N) is 1. The summed E-state index contributed by atoms with van der Waals surface area (Å²) >= 11 is 3.25. The molecule has 0 atom stereocenters. The van der Waals surface area contributed by atoms with E-state index in [1.807, 2.05) is 25.1 Å². The number of aromatic nitrogens is 3. The zero-order chi connectivity index (χ0) is 30.0. The minimum Gasteiger partial charge on any atom is -0.380 e. The second-order valence-corrected chi connectivity index (χ2v) is 11.6. The third-order valence-corrected chi connectivity index (χ3v) is 8.05. The van der Waals surface area contributed by atoms with Crippen LogP contribution in [-0.4, -0.2) is 52.0 Å². The molecule has 42 heavy (non-hydrogen) atoms. The van der Waals surface area contributed by atoms with E-state index >= 15 is 0 Å². The van der Waals surface area contributed by atoms with E-state index < -0.39 is 22.6 Å². The van der Waals surface area contributed by atoms with Gasteiger partial charge in [0.2, 0.25) is 0 Å². The van der Waals surface area contributed by atoms with Crippen molar-refractivity contribution in [2.75, 3.05) is 38.7 Å². The summed E-state index contributed by atoms with van der Waals surface area (Å²) in [4.78, 5) is 43.2. The topological polar surface area (TPSA) is 90.5 Å². The Morgan fingerprint density at radius 1 is 1.07 bits per heavy atom. The predicted octanol–water partition coefficient (Wildman–Crippen LogP) is 4.73. The molecule has 2 heterocycles. The zero-order valence-electron chi connectivity index (χ0n) is 24.0. The van der Waals surface area contributed by atoms with Gasteiger partial charge in [0.15, 0.2) is 0 Å². The zero-order valence-corrected chi connectivity index (χ0v) is 25.6. The van der Waals surface area contributed by atoms with Crippen molar-refractivity contribution in [1.29, 1.82) is 0 Å². The van der Waals surface area contributed by atoms with Gasteiger partial charge in [-0.2, -0.15) is 0 Å². The van der Waals surface area contributed by atoms with Gasteiger partial charge < -0.3 is 15.0 Å². The number of anilines is 2. The molecule has 0 radical (unpaired) electrons. The number of likely N-dealkylation sites (N-methyl/N-ethyl adjacent to an activating group) is 1. The molecule has 9 nitrogen and oxygen atoms in total. The minimum absolute atomic E-state index is 0.107. The highest BCUT2D eigenvalue weighted by atomic mass is 79.9. The Hall–Kier alpha value is -3.54. The van der Waals surface area contributed by atoms with Gasteiger partial charge in [-0.15, -0.1) is 0 Å². The van der Waals surface area contributed by atoms with Crippen LogP contribution >= 0.6 is 15.9 Å². The van der Waals surface area contributed by atoms with E-state index in [4.69, 9.17) is 4.74 Å². The molecule has 2 aromatic carbocycles. The van der Waals surface area contributed by atoms with Crippen LogP contribution in [0.1, 0.15) is 37.8 Å². The Balaban J connectivity index is 1.60. The highest BCUT2D eigenvalue weighted by Crippen LogP contribution is 2.34. The molecule has 11 heteroatoms. The molecular formula is C31H35BrFN5O4. The molecule has 4 aromatic rings. The van der Waals surface area contributed by atoms with Crippen LogP contribution in [0.25, 0.3) is 16.7 Å². The van der Waals surface area contributed by atoms with Crippen LogP contribution in [0, 0.1) is 5.82 Å². The first-order chi connectivity index (χ1) is 20.2. The predicted molar refractivity (Wildman–Crippen MR) is 167 cm³/mol. The fourth-order valence-corrected chi connectivity index (χ4v) is 5.50. The van der Waals surface area contributed by atoms with Gasteiger partial charge in [0.05, 0.1) is 23.7 Å². The second kappa shape index (κ2) is 12.8. The van der Waals surface area contributed by atoms with Gasteiger partial charge in [0.25, 0.3) is 11.1 Å². The lowest BCUT2D eigenvalue weighted by Gasteiger charge is -2.19. The summed E-state index contributed by atoms with van der Waals surface area (Å²) in [6.45, 7) is 5.12. The second-order valence-electron chi connectivity index (χ2n) is 10.7. The number of hydrogen-bond acceptors (Lipinski definition) is 6. The van der Waals surface area contributed by atoms with Crippen LogP contribution in [0.15, 0.2) is 67.4 Å². The number of hydrogen-bond donors (Lipinski definition) is 1. The largest absolute Gasteiger partial charge is 0.380 e. The standard InChI is InChI=1S/C31H35BrFN5O4/c1-4-42-16-15-35(2)14-6-8-20-7-5-9-23(17-20)37-29-28(30(40)38(31(37)41)22-11-12-22)26(19-27(39)36(29)3)34-25-13-10-21(32)18-24(25)33/h5,7,9-10,13,17-19,22,34H,4,6,8,11-12,14-16H2,1-3H3. The summed E-state index contributed by atoms with van der Waals surface area (Å²) in [5.74, 6) is -0.551. The van der Waals surface area contributed by atoms with Crippen LogP contribution < -0.4 is 22.1 Å². The third kappa shape index (κ3) is 6.28. The van der Waals surface area contributed by atoms with Crippen molar-refractivity contribution in [3.05, 3.63) is 95.6 Å². The van der Waals surface area contributed by atoms with Crippen LogP contribution in [0.3, 0.4) is 0 Å². The van der Waals surface area contributed by atoms with E-state index in [1.165, 1.54) is 38.9 Å². The van der Waals surface area contributed by atoms with Crippen LogP contribution in [-0.2, 0) is 18.2 Å². The van der Waals surface area contributed by atoms with Crippen molar-refractivity contribution in [2.45, 2.75) is 38.6 Å². The smallest absolute Gasteiger partial charge is 0.337 e. The number of aryl methyl sites for hydroxylation is 2. The van der Waals surface area contributed by atoms with Crippen LogP contribution in [0.2, 0.25) is 0 Å². The average molecular weight is 641 g/mol. The van der Waals surface area contributed by atoms with Crippen LogP contribution in [0.4, 0.5) is 15.8 Å². The van der Waals surface area contributed by atoms with E-state index in [0.29, 0.717) is 36.2 Å². The summed E-state index contributed by atoms with van der Waals surface area (Å²) in [5, 5.41) is 3.10. The Morgan fingerprint density at radius 2 is 1.86 bits per heavy atom. The number of halogens is 2. The summed E-state index contributed by atoms with van der Waals surface area (Å²) in [7, 11) is 3.60. The Bertz CT molecular complexity index is 1790. The molecule has 0 spiro atoms. The number of benzene rings is 2. The van der Waals surface area contributed by atoms with Crippen molar-refractivity contribution in [1.82, 2.24) is 18.6 Å². The normalized spacial score (nSPS) is 13.3. The summed E-state index contributed by atoms with van der Waals surface area (Å²) in [6, 6.07) is 13.2. The van der Waals surface area contributed by atoms with Gasteiger partial charge in [0, 0.05) is 36.8 Å². The van der Waals surface area contributed by atoms with Gasteiger partial charge in [-0.3, -0.25) is 18.7 Å². The lowest BCUT2D eigenvalue weighted by Crippen LogP contribution is -2.41. The van der Waals surface area contributed by atoms with Gasteiger partial charge in [-0.25, -0.2) is 13.8 Å². The van der Waals surface area contributed by atoms with E-state index in [1.54, 1.807) is 12.1 Å². The SMILES string of the molecule is CCOCCN(C)CCCc1cccc(-n2c(=O)n(C3CC3)c(=O)c3c(Nc4ccc(Br)cc4F)cc(=O)n(C)c32)c1. The number of rotatable bonds is 12. The number of pyridine rings is 1. The molecule has 222 valence electrons. The lowest BCUT2D eigenvalue weighted by molar-refractivity contribution is 0.122. The Morgan fingerprint density at radius 3 is 2.57 bits per heavy atom. The molecule has 1 aliphatic rings. The molecule has 1 fully saturated rings.